The molecule has 0 bridgehead atoms. The molecule has 0 aliphatic carbocycles. The number of nitrogens with zero attached hydrogens (tertiary/aromatic N) is 1. The first-order valence-corrected chi connectivity index (χ1v) is 6.73. The van der Waals surface area contributed by atoms with Crippen LogP contribution in [0.25, 0.3) is 0 Å². The van der Waals surface area contributed by atoms with Crippen LogP contribution in [-0.2, 0) is 0 Å². The fraction of sp³-hybridized carbons (Fsp3) is 0.357. The summed E-state index contributed by atoms with van der Waals surface area (Å²) >= 11 is 1.64. The molecule has 3 heteroatoms. The summed E-state index contributed by atoms with van der Waals surface area (Å²) in [4.78, 5) is 4.44. The highest BCUT2D eigenvalue weighted by Gasteiger charge is 2.12. The molecular weight excluding hydrogens is 228 g/mol. The van der Waals surface area contributed by atoms with E-state index in [4.69, 9.17) is 5.73 Å². The Morgan fingerprint density at radius 1 is 1.12 bits per heavy atom. The maximum atomic E-state index is 6.20. The third-order valence-electron chi connectivity index (χ3n) is 2.92. The number of rotatable bonds is 3. The summed E-state index contributed by atoms with van der Waals surface area (Å²) in [6.07, 6.45) is 0. The van der Waals surface area contributed by atoms with Gasteiger partial charge in [-0.2, -0.15) is 0 Å². The Morgan fingerprint density at radius 3 is 2.18 bits per heavy atom. The lowest BCUT2D eigenvalue weighted by molar-refractivity contribution is 0.825. The van der Waals surface area contributed by atoms with E-state index in [0.29, 0.717) is 5.92 Å². The standard InChI is InChI=1S/C14H18N2S/c1-9(2)11-4-6-12(7-5-11)14(15)13-8-17-10(3)16-13/h4-9,14H,15H2,1-3H3. The molecule has 1 atom stereocenters. The van der Waals surface area contributed by atoms with Crippen LogP contribution >= 0.6 is 11.3 Å². The van der Waals surface area contributed by atoms with Crippen LogP contribution in [0, 0.1) is 6.92 Å². The van der Waals surface area contributed by atoms with Gasteiger partial charge in [-0.25, -0.2) is 4.98 Å². The second kappa shape index (κ2) is 4.98. The van der Waals surface area contributed by atoms with E-state index in [-0.39, 0.29) is 6.04 Å². The van der Waals surface area contributed by atoms with Crippen LogP contribution in [0.4, 0.5) is 0 Å². The van der Waals surface area contributed by atoms with E-state index in [2.05, 4.69) is 43.1 Å². The van der Waals surface area contributed by atoms with Gasteiger partial charge in [-0.1, -0.05) is 38.1 Å². The molecule has 0 fully saturated rings. The zero-order chi connectivity index (χ0) is 12.4. The summed E-state index contributed by atoms with van der Waals surface area (Å²) in [5, 5.41) is 3.10. The van der Waals surface area contributed by atoms with E-state index >= 15 is 0 Å². The molecule has 0 spiro atoms. The molecule has 1 aromatic carbocycles. The number of hydrogen-bond donors (Lipinski definition) is 1. The molecule has 0 saturated heterocycles. The van der Waals surface area contributed by atoms with Crippen molar-refractivity contribution in [3.05, 3.63) is 51.5 Å². The molecule has 1 heterocycles. The van der Waals surface area contributed by atoms with Crippen molar-refractivity contribution in [2.45, 2.75) is 32.7 Å². The van der Waals surface area contributed by atoms with Gasteiger partial charge in [-0.3, -0.25) is 0 Å². The summed E-state index contributed by atoms with van der Waals surface area (Å²) in [6, 6.07) is 8.41. The van der Waals surface area contributed by atoms with Crippen molar-refractivity contribution >= 4 is 11.3 Å². The van der Waals surface area contributed by atoms with Crippen LogP contribution in [0.5, 0.6) is 0 Å². The monoisotopic (exact) mass is 246 g/mol. The van der Waals surface area contributed by atoms with Crippen molar-refractivity contribution in [3.8, 4) is 0 Å². The second-order valence-corrected chi connectivity index (χ2v) is 5.65. The van der Waals surface area contributed by atoms with E-state index in [1.54, 1.807) is 11.3 Å². The van der Waals surface area contributed by atoms with Crippen LogP contribution in [0.1, 0.15) is 47.6 Å². The highest BCUT2D eigenvalue weighted by Crippen LogP contribution is 2.23. The number of hydrogen-bond acceptors (Lipinski definition) is 3. The molecule has 2 rings (SSSR count). The van der Waals surface area contributed by atoms with E-state index in [0.717, 1.165) is 16.3 Å². The van der Waals surface area contributed by atoms with Crippen molar-refractivity contribution in [1.29, 1.82) is 0 Å². The summed E-state index contributed by atoms with van der Waals surface area (Å²) in [5.74, 6) is 0.557. The second-order valence-electron chi connectivity index (χ2n) is 4.59. The normalized spacial score (nSPS) is 13.0. The van der Waals surface area contributed by atoms with Gasteiger partial charge in [-0.15, -0.1) is 11.3 Å². The Hall–Kier alpha value is -1.19. The van der Waals surface area contributed by atoms with E-state index < -0.39 is 0 Å². The van der Waals surface area contributed by atoms with Crippen LogP contribution in [0.2, 0.25) is 0 Å². The van der Waals surface area contributed by atoms with E-state index in [1.165, 1.54) is 5.56 Å². The zero-order valence-corrected chi connectivity index (χ0v) is 11.3. The molecule has 2 aromatic rings. The first-order valence-electron chi connectivity index (χ1n) is 5.85. The molecular formula is C14H18N2S. The van der Waals surface area contributed by atoms with Crippen LogP contribution in [0.15, 0.2) is 29.6 Å². The Labute approximate surface area is 107 Å². The third-order valence-corrected chi connectivity index (χ3v) is 3.71. The summed E-state index contributed by atoms with van der Waals surface area (Å²) in [7, 11) is 0. The van der Waals surface area contributed by atoms with Gasteiger partial charge in [0, 0.05) is 5.38 Å². The fourth-order valence-corrected chi connectivity index (χ4v) is 2.43. The van der Waals surface area contributed by atoms with Gasteiger partial charge in [0.1, 0.15) is 0 Å². The molecule has 2 N–H and O–H groups in total. The molecule has 0 amide bonds. The maximum Gasteiger partial charge on any atom is 0.0898 e. The average Bonchev–Trinajstić information content (AvgIpc) is 2.75. The smallest absolute Gasteiger partial charge is 0.0898 e. The molecule has 0 aliphatic heterocycles. The van der Waals surface area contributed by atoms with Crippen LogP contribution in [-0.4, -0.2) is 4.98 Å². The van der Waals surface area contributed by atoms with Crippen molar-refractivity contribution in [1.82, 2.24) is 4.98 Å². The van der Waals surface area contributed by atoms with Gasteiger partial charge < -0.3 is 5.73 Å². The SMILES string of the molecule is Cc1nc(C(N)c2ccc(C(C)C)cc2)cs1. The summed E-state index contributed by atoms with van der Waals surface area (Å²) in [5.41, 5.74) is 9.63. The zero-order valence-electron chi connectivity index (χ0n) is 10.5. The fourth-order valence-electron chi connectivity index (χ4n) is 1.78. The first kappa shape index (κ1) is 12.3. The number of nitrogens with two attached hydrogens (primary N) is 1. The molecule has 1 aromatic heterocycles. The Morgan fingerprint density at radius 2 is 1.71 bits per heavy atom. The van der Waals surface area contributed by atoms with Crippen LogP contribution < -0.4 is 5.73 Å². The van der Waals surface area contributed by atoms with Crippen LogP contribution in [0.3, 0.4) is 0 Å². The van der Waals surface area contributed by atoms with Gasteiger partial charge in [0.05, 0.1) is 16.7 Å². The molecule has 0 saturated carbocycles. The third kappa shape index (κ3) is 2.73. The van der Waals surface area contributed by atoms with E-state index in [9.17, 15) is 0 Å². The molecule has 17 heavy (non-hydrogen) atoms. The lowest BCUT2D eigenvalue weighted by Crippen LogP contribution is -2.12. The van der Waals surface area contributed by atoms with Crippen molar-refractivity contribution in [3.63, 3.8) is 0 Å². The Bertz CT molecular complexity index is 485. The summed E-state index contributed by atoms with van der Waals surface area (Å²) in [6.45, 7) is 6.39. The highest BCUT2D eigenvalue weighted by molar-refractivity contribution is 7.09. The number of aromatic nitrogens is 1. The maximum absolute atomic E-state index is 6.20. The average molecular weight is 246 g/mol. The molecule has 0 radical (unpaired) electrons. The van der Waals surface area contributed by atoms with Crippen molar-refractivity contribution in [2.24, 2.45) is 5.73 Å². The Kier molecular flexibility index (Phi) is 3.60. The topological polar surface area (TPSA) is 38.9 Å². The van der Waals surface area contributed by atoms with Gasteiger partial charge in [0.25, 0.3) is 0 Å². The minimum Gasteiger partial charge on any atom is -0.319 e. The highest BCUT2D eigenvalue weighted by atomic mass is 32.1. The van der Waals surface area contributed by atoms with Crippen molar-refractivity contribution in [2.75, 3.05) is 0 Å². The van der Waals surface area contributed by atoms with Gasteiger partial charge in [-0.05, 0) is 24.0 Å². The quantitative estimate of drug-likeness (QED) is 0.898. The molecule has 90 valence electrons. The molecule has 1 unspecified atom stereocenters. The van der Waals surface area contributed by atoms with Gasteiger partial charge >= 0.3 is 0 Å². The number of aryl methyl sites for hydroxylation is 1. The van der Waals surface area contributed by atoms with Gasteiger partial charge in [0.15, 0.2) is 0 Å². The molecule has 0 aliphatic rings. The van der Waals surface area contributed by atoms with E-state index in [1.807, 2.05) is 12.3 Å². The largest absolute Gasteiger partial charge is 0.319 e. The van der Waals surface area contributed by atoms with Gasteiger partial charge in [0.2, 0.25) is 0 Å². The Balaban J connectivity index is 2.22. The predicted molar refractivity (Wildman–Crippen MR) is 73.4 cm³/mol. The number of thiazole rings is 1. The molecule has 2 nitrogen and oxygen atoms in total. The van der Waals surface area contributed by atoms with Crippen molar-refractivity contribution < 1.29 is 0 Å². The summed E-state index contributed by atoms with van der Waals surface area (Å²) < 4.78 is 0. The predicted octanol–water partition coefficient (Wildman–Crippen LogP) is 3.62. The first-order chi connectivity index (χ1) is 8.08. The minimum atomic E-state index is -0.110. The lowest BCUT2D eigenvalue weighted by Gasteiger charge is -2.11. The lowest BCUT2D eigenvalue weighted by atomic mass is 9.98. The minimum absolute atomic E-state index is 0.110. The number of benzene rings is 1.